The Hall–Kier alpha value is -0.420. The van der Waals surface area contributed by atoms with Crippen molar-refractivity contribution in [1.82, 2.24) is 0 Å². The molecule has 0 bridgehead atoms. The van der Waals surface area contributed by atoms with E-state index in [9.17, 15) is 9.36 Å². The van der Waals surface area contributed by atoms with Crippen molar-refractivity contribution < 1.29 is 27.9 Å². The van der Waals surface area contributed by atoms with E-state index in [2.05, 4.69) is 0 Å². The second-order valence-corrected chi connectivity index (χ2v) is 7.82. The Balaban J connectivity index is 2.82. The zero-order valence-corrected chi connectivity index (χ0v) is 15.1. The Bertz CT molecular complexity index is 379. The first-order chi connectivity index (χ1) is 10.4. The summed E-state index contributed by atoms with van der Waals surface area (Å²) in [6.07, 6.45) is 1.21. The minimum absolute atomic E-state index is 0.0215. The molecule has 1 rings (SSSR count). The van der Waals surface area contributed by atoms with Crippen LogP contribution in [0.2, 0.25) is 0 Å². The van der Waals surface area contributed by atoms with Crippen molar-refractivity contribution >= 4 is 13.6 Å². The van der Waals surface area contributed by atoms with Crippen molar-refractivity contribution in [3.05, 3.63) is 0 Å². The number of hydrogen-bond donors (Lipinski definition) is 0. The number of epoxide rings is 1. The van der Waals surface area contributed by atoms with Crippen LogP contribution in [0.25, 0.3) is 0 Å². The molecule has 1 saturated heterocycles. The molecule has 0 amide bonds. The molecule has 0 aliphatic carbocycles. The van der Waals surface area contributed by atoms with Gasteiger partial charge in [-0.25, -0.2) is 0 Å². The average molecular weight is 336 g/mol. The predicted octanol–water partition coefficient (Wildman–Crippen LogP) is 3.53. The summed E-state index contributed by atoms with van der Waals surface area (Å²) in [5.74, 6) is -0.534. The summed E-state index contributed by atoms with van der Waals surface area (Å²) < 4.78 is 34.7. The van der Waals surface area contributed by atoms with Crippen LogP contribution in [0.1, 0.15) is 53.9 Å². The summed E-state index contributed by atoms with van der Waals surface area (Å²) in [7, 11) is -3.59. The van der Waals surface area contributed by atoms with E-state index < -0.39 is 19.2 Å². The molecule has 0 aromatic rings. The van der Waals surface area contributed by atoms with Gasteiger partial charge in [-0.15, -0.1) is 0 Å². The molecule has 1 aliphatic rings. The lowest BCUT2D eigenvalue weighted by atomic mass is 10.3. The first-order valence-corrected chi connectivity index (χ1v) is 9.72. The first kappa shape index (κ1) is 19.6. The molecule has 1 fully saturated rings. The quantitative estimate of drug-likeness (QED) is 0.326. The lowest BCUT2D eigenvalue weighted by molar-refractivity contribution is -0.144. The molecule has 0 radical (unpaired) electrons. The van der Waals surface area contributed by atoms with Gasteiger partial charge in [0, 0.05) is 0 Å². The van der Waals surface area contributed by atoms with Crippen LogP contribution < -0.4 is 0 Å². The topological polar surface area (TPSA) is 74.4 Å². The molecular formula is C15H29O6P. The van der Waals surface area contributed by atoms with E-state index in [4.69, 9.17) is 18.5 Å². The van der Waals surface area contributed by atoms with Gasteiger partial charge in [-0.05, 0) is 33.1 Å². The zero-order chi connectivity index (χ0) is 16.8. The molecule has 0 N–H and O–H groups in total. The third-order valence-corrected chi connectivity index (χ3v) is 6.30. The molecule has 7 heteroatoms. The van der Waals surface area contributed by atoms with Crippen molar-refractivity contribution in [3.8, 4) is 0 Å². The molecule has 0 aromatic heterocycles. The highest BCUT2D eigenvalue weighted by molar-refractivity contribution is 7.55. The molecule has 1 aliphatic heterocycles. The molecule has 6 nitrogen and oxygen atoms in total. The van der Waals surface area contributed by atoms with Crippen molar-refractivity contribution in [1.29, 1.82) is 0 Å². The van der Waals surface area contributed by atoms with Crippen molar-refractivity contribution in [2.45, 2.75) is 77.9 Å². The Labute approximate surface area is 133 Å². The van der Waals surface area contributed by atoms with Crippen LogP contribution in [-0.4, -0.2) is 43.2 Å². The van der Waals surface area contributed by atoms with Crippen LogP contribution in [0.3, 0.4) is 0 Å². The maximum atomic E-state index is 13.2. The number of esters is 1. The van der Waals surface area contributed by atoms with E-state index in [0.29, 0.717) is 25.9 Å². The van der Waals surface area contributed by atoms with Gasteiger partial charge < -0.3 is 18.5 Å². The Morgan fingerprint density at radius 3 is 2.00 bits per heavy atom. The number of ether oxygens (including phenoxy) is 2. The molecule has 1 heterocycles. The number of hydrogen-bond acceptors (Lipinski definition) is 6. The Morgan fingerprint density at radius 1 is 1.14 bits per heavy atom. The third kappa shape index (κ3) is 5.99. The average Bonchev–Trinajstić information content (AvgIpc) is 3.29. The van der Waals surface area contributed by atoms with Crippen LogP contribution in [0, 0.1) is 0 Å². The van der Waals surface area contributed by atoms with Gasteiger partial charge in [-0.3, -0.25) is 9.36 Å². The lowest BCUT2D eigenvalue weighted by Gasteiger charge is -2.29. The van der Waals surface area contributed by atoms with Crippen LogP contribution in [0.5, 0.6) is 0 Å². The van der Waals surface area contributed by atoms with E-state index in [0.717, 1.165) is 0 Å². The second kappa shape index (κ2) is 9.02. The molecule has 130 valence electrons. The minimum atomic E-state index is -3.59. The fourth-order valence-corrected chi connectivity index (χ4v) is 4.20. The fraction of sp³-hybridized carbons (Fsp3) is 0.933. The van der Waals surface area contributed by atoms with Gasteiger partial charge in [0.05, 0.1) is 18.8 Å². The molecule has 4 unspecified atom stereocenters. The molecule has 4 atom stereocenters. The van der Waals surface area contributed by atoms with Gasteiger partial charge in [0.25, 0.3) is 0 Å². The standard InChI is InChI=1S/C15H29O6P/c1-6-11(4)20-22(17,21-12(5)7-2)14(8-3)15(16)19-10-13-9-18-13/h11-14H,6-10H2,1-5H3. The van der Waals surface area contributed by atoms with Gasteiger partial charge >= 0.3 is 13.6 Å². The van der Waals surface area contributed by atoms with Crippen LogP contribution in [-0.2, 0) is 27.9 Å². The summed E-state index contributed by atoms with van der Waals surface area (Å²) in [6, 6.07) is 0. The summed E-state index contributed by atoms with van der Waals surface area (Å²) >= 11 is 0. The Morgan fingerprint density at radius 2 is 1.64 bits per heavy atom. The summed E-state index contributed by atoms with van der Waals surface area (Å²) in [5.41, 5.74) is -0.894. The van der Waals surface area contributed by atoms with Crippen molar-refractivity contribution in [3.63, 3.8) is 0 Å². The van der Waals surface area contributed by atoms with E-state index in [1.165, 1.54) is 0 Å². The maximum absolute atomic E-state index is 13.2. The highest BCUT2D eigenvalue weighted by Crippen LogP contribution is 2.57. The molecule has 0 aromatic carbocycles. The van der Waals surface area contributed by atoms with E-state index >= 15 is 0 Å². The van der Waals surface area contributed by atoms with Crippen molar-refractivity contribution in [2.24, 2.45) is 0 Å². The summed E-state index contributed by atoms with van der Waals surface area (Å²) in [5, 5.41) is 0. The van der Waals surface area contributed by atoms with Crippen LogP contribution >= 0.6 is 7.60 Å². The molecular weight excluding hydrogens is 307 g/mol. The highest BCUT2D eigenvalue weighted by atomic mass is 31.2. The smallest absolute Gasteiger partial charge is 0.345 e. The molecule has 0 spiro atoms. The monoisotopic (exact) mass is 336 g/mol. The van der Waals surface area contributed by atoms with E-state index in [-0.39, 0.29) is 24.9 Å². The number of carbonyl (C=O) groups is 1. The number of rotatable bonds is 11. The highest BCUT2D eigenvalue weighted by Gasteiger charge is 2.44. The Kier molecular flexibility index (Phi) is 8.04. The van der Waals surface area contributed by atoms with Gasteiger partial charge in [-0.2, -0.15) is 0 Å². The van der Waals surface area contributed by atoms with Gasteiger partial charge in [-0.1, -0.05) is 20.8 Å². The fourth-order valence-electron chi connectivity index (χ4n) is 1.78. The van der Waals surface area contributed by atoms with Crippen LogP contribution in [0.15, 0.2) is 0 Å². The van der Waals surface area contributed by atoms with Gasteiger partial charge in [0.15, 0.2) is 5.66 Å². The number of carbonyl (C=O) groups excluding carboxylic acids is 1. The second-order valence-electron chi connectivity index (χ2n) is 5.70. The normalized spacial score (nSPS) is 24.1. The lowest BCUT2D eigenvalue weighted by Crippen LogP contribution is -2.29. The largest absolute Gasteiger partial charge is 0.462 e. The SMILES string of the molecule is CCC(C)OP(=O)(OC(C)CC)C(CC)C(=O)OCC1CO1. The predicted molar refractivity (Wildman–Crippen MR) is 84.1 cm³/mol. The third-order valence-electron chi connectivity index (χ3n) is 3.66. The van der Waals surface area contributed by atoms with Gasteiger partial charge in [0.1, 0.15) is 12.7 Å². The van der Waals surface area contributed by atoms with Gasteiger partial charge in [0.2, 0.25) is 0 Å². The maximum Gasteiger partial charge on any atom is 0.345 e. The van der Waals surface area contributed by atoms with E-state index in [1.807, 2.05) is 27.7 Å². The molecule has 22 heavy (non-hydrogen) atoms. The summed E-state index contributed by atoms with van der Waals surface area (Å²) in [6.45, 7) is 10.1. The summed E-state index contributed by atoms with van der Waals surface area (Å²) in [4.78, 5) is 12.3. The van der Waals surface area contributed by atoms with E-state index in [1.54, 1.807) is 6.92 Å². The minimum Gasteiger partial charge on any atom is -0.462 e. The first-order valence-electron chi connectivity index (χ1n) is 8.10. The zero-order valence-electron chi connectivity index (χ0n) is 14.2. The molecule has 0 saturated carbocycles. The van der Waals surface area contributed by atoms with Crippen LogP contribution in [0.4, 0.5) is 0 Å². The van der Waals surface area contributed by atoms with Crippen molar-refractivity contribution in [2.75, 3.05) is 13.2 Å².